The van der Waals surface area contributed by atoms with Crippen molar-refractivity contribution in [2.75, 3.05) is 11.9 Å². The maximum Gasteiger partial charge on any atom is 0.414 e. The number of ether oxygens (including phenoxy) is 1. The van der Waals surface area contributed by atoms with E-state index < -0.39 is 12.1 Å². The molecule has 0 bridgehead atoms. The highest BCUT2D eigenvalue weighted by molar-refractivity contribution is 5.89. The first-order valence-electron chi connectivity index (χ1n) is 9.29. The van der Waals surface area contributed by atoms with Gasteiger partial charge in [0.15, 0.2) is 0 Å². The van der Waals surface area contributed by atoms with Crippen molar-refractivity contribution in [2.24, 2.45) is 0 Å². The summed E-state index contributed by atoms with van der Waals surface area (Å²) in [6, 6.07) is 16.2. The lowest BCUT2D eigenvalue weighted by Crippen LogP contribution is -2.20. The molecule has 2 aromatic carbocycles. The zero-order valence-corrected chi connectivity index (χ0v) is 15.8. The summed E-state index contributed by atoms with van der Waals surface area (Å²) in [7, 11) is 0. The van der Waals surface area contributed by atoms with Crippen LogP contribution in [0.2, 0.25) is 0 Å². The van der Waals surface area contributed by atoms with E-state index in [0.29, 0.717) is 12.1 Å². The second-order valence-corrected chi connectivity index (χ2v) is 6.66. The van der Waals surface area contributed by atoms with Crippen LogP contribution in [0.1, 0.15) is 40.0 Å². The third-order valence-corrected chi connectivity index (χ3v) is 4.99. The molecule has 0 radical (unpaired) electrons. The minimum Gasteiger partial charge on any atom is -0.478 e. The first kappa shape index (κ1) is 18.6. The number of anilines is 1. The molecule has 146 valence electrons. The monoisotopic (exact) mass is 389 g/mol. The number of carbonyl (C=O) groups is 2. The molecular weight excluding hydrogens is 370 g/mol. The minimum atomic E-state index is -1.10. The number of hydrogen-bond donors (Lipinski definition) is 2. The Bertz CT molecular complexity index is 1050. The largest absolute Gasteiger partial charge is 0.478 e. The highest BCUT2D eigenvalue weighted by Gasteiger charge is 2.29. The van der Waals surface area contributed by atoms with Crippen molar-refractivity contribution in [1.29, 1.82) is 0 Å². The number of amides is 1. The molecule has 0 saturated heterocycles. The number of aromatic carboxylic acids is 1. The SMILES string of the molecule is CCc1nc(NC(=O)OCC2c3ccccc3-c3ccccc32)ncc1C(=O)O. The summed E-state index contributed by atoms with van der Waals surface area (Å²) in [4.78, 5) is 31.5. The molecule has 1 amide bonds. The van der Waals surface area contributed by atoms with Gasteiger partial charge in [-0.1, -0.05) is 55.5 Å². The van der Waals surface area contributed by atoms with Crippen LogP contribution in [0.25, 0.3) is 11.1 Å². The first-order valence-corrected chi connectivity index (χ1v) is 9.29. The molecule has 1 aliphatic carbocycles. The number of aromatic nitrogens is 2. The average Bonchev–Trinajstić information content (AvgIpc) is 3.06. The van der Waals surface area contributed by atoms with Gasteiger partial charge in [0.2, 0.25) is 5.95 Å². The summed E-state index contributed by atoms with van der Waals surface area (Å²) in [6.45, 7) is 1.96. The van der Waals surface area contributed by atoms with Crippen LogP contribution in [0.5, 0.6) is 0 Å². The molecular formula is C22H19N3O4. The maximum absolute atomic E-state index is 12.3. The Kier molecular flexibility index (Phi) is 4.95. The number of aryl methyl sites for hydroxylation is 1. The topological polar surface area (TPSA) is 101 Å². The van der Waals surface area contributed by atoms with E-state index in [1.807, 2.05) is 36.4 Å². The summed E-state index contributed by atoms with van der Waals surface area (Å²) in [5, 5.41) is 11.6. The Morgan fingerprint density at radius 3 is 2.28 bits per heavy atom. The van der Waals surface area contributed by atoms with Crippen LogP contribution in [0.3, 0.4) is 0 Å². The molecule has 2 N–H and O–H groups in total. The van der Waals surface area contributed by atoms with E-state index in [4.69, 9.17) is 9.84 Å². The summed E-state index contributed by atoms with van der Waals surface area (Å²) < 4.78 is 5.45. The third kappa shape index (κ3) is 3.54. The quantitative estimate of drug-likeness (QED) is 0.681. The maximum atomic E-state index is 12.3. The van der Waals surface area contributed by atoms with Gasteiger partial charge in [0.05, 0.1) is 11.3 Å². The molecule has 1 aliphatic rings. The van der Waals surface area contributed by atoms with Crippen LogP contribution in [0.4, 0.5) is 10.7 Å². The molecule has 0 fully saturated rings. The van der Waals surface area contributed by atoms with E-state index in [9.17, 15) is 9.59 Å². The second kappa shape index (κ2) is 7.71. The number of benzene rings is 2. The zero-order chi connectivity index (χ0) is 20.4. The van der Waals surface area contributed by atoms with Crippen LogP contribution >= 0.6 is 0 Å². The van der Waals surface area contributed by atoms with E-state index in [1.54, 1.807) is 6.92 Å². The van der Waals surface area contributed by atoms with Gasteiger partial charge in [0.1, 0.15) is 6.61 Å². The first-order chi connectivity index (χ1) is 14.1. The van der Waals surface area contributed by atoms with Crippen LogP contribution < -0.4 is 5.32 Å². The van der Waals surface area contributed by atoms with Gasteiger partial charge in [-0.05, 0) is 28.7 Å². The van der Waals surface area contributed by atoms with E-state index in [-0.39, 0.29) is 24.0 Å². The van der Waals surface area contributed by atoms with E-state index in [1.165, 1.54) is 6.20 Å². The lowest BCUT2D eigenvalue weighted by atomic mass is 9.98. The van der Waals surface area contributed by atoms with Gasteiger partial charge >= 0.3 is 12.1 Å². The Hall–Kier alpha value is -3.74. The van der Waals surface area contributed by atoms with Gasteiger partial charge in [-0.2, -0.15) is 0 Å². The van der Waals surface area contributed by atoms with E-state index >= 15 is 0 Å². The second-order valence-electron chi connectivity index (χ2n) is 6.66. The third-order valence-electron chi connectivity index (χ3n) is 4.99. The fourth-order valence-corrected chi connectivity index (χ4v) is 3.65. The molecule has 0 spiro atoms. The molecule has 0 unspecified atom stereocenters. The molecule has 0 atom stereocenters. The van der Waals surface area contributed by atoms with Crippen LogP contribution in [-0.4, -0.2) is 33.7 Å². The van der Waals surface area contributed by atoms with Gasteiger partial charge in [-0.15, -0.1) is 0 Å². The van der Waals surface area contributed by atoms with Gasteiger partial charge < -0.3 is 9.84 Å². The van der Waals surface area contributed by atoms with Crippen LogP contribution in [-0.2, 0) is 11.2 Å². The number of carboxylic acid groups (broad SMARTS) is 1. The average molecular weight is 389 g/mol. The van der Waals surface area contributed by atoms with Crippen molar-refractivity contribution in [2.45, 2.75) is 19.3 Å². The van der Waals surface area contributed by atoms with Crippen LogP contribution in [0.15, 0.2) is 54.7 Å². The molecule has 4 rings (SSSR count). The van der Waals surface area contributed by atoms with Gasteiger partial charge in [-0.25, -0.2) is 19.6 Å². The summed E-state index contributed by atoms with van der Waals surface area (Å²) in [5.41, 5.74) is 4.91. The molecule has 1 aromatic heterocycles. The van der Waals surface area contributed by atoms with Gasteiger partial charge in [-0.3, -0.25) is 5.32 Å². The molecule has 7 heteroatoms. The number of rotatable bonds is 5. The predicted molar refractivity (Wildman–Crippen MR) is 107 cm³/mol. The Labute approximate surface area is 167 Å². The van der Waals surface area contributed by atoms with Gasteiger partial charge in [0, 0.05) is 12.1 Å². The fraction of sp³-hybridized carbons (Fsp3) is 0.182. The molecule has 0 saturated carbocycles. The standard InChI is InChI=1S/C22H19N3O4/c1-2-19-17(20(26)27)11-23-21(24-19)25-22(28)29-12-18-15-9-5-3-7-13(15)14-8-4-6-10-16(14)18/h3-11,18H,2,12H2,1H3,(H,26,27)(H,23,24,25,28). The van der Waals surface area contributed by atoms with Crippen LogP contribution in [0, 0.1) is 0 Å². The van der Waals surface area contributed by atoms with Crippen molar-refractivity contribution in [3.63, 3.8) is 0 Å². The highest BCUT2D eigenvalue weighted by Crippen LogP contribution is 2.44. The summed E-state index contributed by atoms with van der Waals surface area (Å²) in [6.07, 6.45) is 0.911. The summed E-state index contributed by atoms with van der Waals surface area (Å²) in [5.74, 6) is -1.13. The molecule has 3 aromatic rings. The number of carboxylic acids is 1. The Morgan fingerprint density at radius 1 is 1.07 bits per heavy atom. The zero-order valence-electron chi connectivity index (χ0n) is 15.8. The fourth-order valence-electron chi connectivity index (χ4n) is 3.65. The molecule has 1 heterocycles. The number of hydrogen-bond acceptors (Lipinski definition) is 5. The lowest BCUT2D eigenvalue weighted by Gasteiger charge is -2.14. The number of carbonyl (C=O) groups excluding carboxylic acids is 1. The Balaban J connectivity index is 1.47. The van der Waals surface area contributed by atoms with Crippen molar-refractivity contribution < 1.29 is 19.4 Å². The van der Waals surface area contributed by atoms with Crippen molar-refractivity contribution >= 4 is 18.0 Å². The Morgan fingerprint density at radius 2 is 1.69 bits per heavy atom. The van der Waals surface area contributed by atoms with Gasteiger partial charge in [0.25, 0.3) is 0 Å². The number of nitrogens with one attached hydrogen (secondary N) is 1. The normalized spacial score (nSPS) is 12.2. The molecule has 7 nitrogen and oxygen atoms in total. The smallest absolute Gasteiger partial charge is 0.414 e. The van der Waals surface area contributed by atoms with Crippen molar-refractivity contribution in [1.82, 2.24) is 9.97 Å². The van der Waals surface area contributed by atoms with E-state index in [0.717, 1.165) is 22.3 Å². The number of fused-ring (bicyclic) bond motifs is 3. The highest BCUT2D eigenvalue weighted by atomic mass is 16.5. The predicted octanol–water partition coefficient (Wildman–Crippen LogP) is 4.10. The van der Waals surface area contributed by atoms with Crippen molar-refractivity contribution in [3.8, 4) is 11.1 Å². The minimum absolute atomic E-state index is 0.0177. The number of nitrogens with zero attached hydrogens (tertiary/aromatic N) is 2. The van der Waals surface area contributed by atoms with Crippen molar-refractivity contribution in [3.05, 3.63) is 77.1 Å². The lowest BCUT2D eigenvalue weighted by molar-refractivity contribution is 0.0694. The molecule has 29 heavy (non-hydrogen) atoms. The molecule has 0 aliphatic heterocycles. The summed E-state index contributed by atoms with van der Waals surface area (Å²) >= 11 is 0. The van der Waals surface area contributed by atoms with E-state index in [2.05, 4.69) is 27.4 Å².